The fraction of sp³-hybridized carbons (Fsp3) is 0.692. The number of aromatic nitrogens is 2. The van der Waals surface area contributed by atoms with Gasteiger partial charge in [-0.05, 0) is 13.8 Å². The summed E-state index contributed by atoms with van der Waals surface area (Å²) in [5, 5.41) is 3.40. The quantitative estimate of drug-likeness (QED) is 0.656. The molecular formula is C13H23N5S. The van der Waals surface area contributed by atoms with Gasteiger partial charge in [-0.25, -0.2) is 4.98 Å². The molecule has 1 N–H and O–H groups in total. The first kappa shape index (κ1) is 14.2. The summed E-state index contributed by atoms with van der Waals surface area (Å²) in [4.78, 5) is 11.0. The lowest BCUT2D eigenvalue weighted by molar-refractivity contribution is 0.375. The first-order chi connectivity index (χ1) is 9.02. The summed E-state index contributed by atoms with van der Waals surface area (Å²) in [5.41, 5.74) is 0. The highest BCUT2D eigenvalue weighted by Gasteiger charge is 2.28. The van der Waals surface area contributed by atoms with E-state index in [1.807, 2.05) is 42.8 Å². The van der Waals surface area contributed by atoms with Crippen LogP contribution in [0.4, 0.5) is 0 Å². The Balaban J connectivity index is 1.95. The van der Waals surface area contributed by atoms with Crippen LogP contribution in [0.1, 0.15) is 19.7 Å². The van der Waals surface area contributed by atoms with Crippen molar-refractivity contribution < 1.29 is 0 Å². The van der Waals surface area contributed by atoms with Crippen LogP contribution in [-0.4, -0.2) is 51.0 Å². The molecule has 1 aliphatic rings. The summed E-state index contributed by atoms with van der Waals surface area (Å²) < 4.78 is 2.31. The normalized spacial score (nSPS) is 19.6. The third-order valence-corrected chi connectivity index (χ3v) is 4.56. The van der Waals surface area contributed by atoms with Gasteiger partial charge in [0.2, 0.25) is 0 Å². The Labute approximate surface area is 119 Å². The maximum absolute atomic E-state index is 4.39. The van der Waals surface area contributed by atoms with Gasteiger partial charge >= 0.3 is 0 Å². The van der Waals surface area contributed by atoms with E-state index in [4.69, 9.17) is 0 Å². The van der Waals surface area contributed by atoms with Gasteiger partial charge in [0.05, 0.1) is 6.54 Å². The topological polar surface area (TPSA) is 45.5 Å². The molecule has 0 saturated carbocycles. The van der Waals surface area contributed by atoms with Gasteiger partial charge in [-0.1, -0.05) is 0 Å². The first-order valence-electron chi connectivity index (χ1n) is 6.57. The number of aryl methyl sites for hydroxylation is 1. The van der Waals surface area contributed by atoms with E-state index in [2.05, 4.69) is 34.0 Å². The van der Waals surface area contributed by atoms with Crippen molar-refractivity contribution in [2.75, 3.05) is 25.9 Å². The Bertz CT molecular complexity index is 452. The van der Waals surface area contributed by atoms with Crippen molar-refractivity contribution in [2.45, 2.75) is 25.1 Å². The molecule has 0 bridgehead atoms. The van der Waals surface area contributed by atoms with Gasteiger partial charge in [-0.2, -0.15) is 11.8 Å². The number of aliphatic imine (C=N–C) groups is 1. The smallest absolute Gasteiger partial charge is 0.194 e. The maximum Gasteiger partial charge on any atom is 0.194 e. The fourth-order valence-electron chi connectivity index (χ4n) is 2.25. The summed E-state index contributed by atoms with van der Waals surface area (Å²) in [6.45, 7) is 7.36. The molecule has 0 aromatic carbocycles. The van der Waals surface area contributed by atoms with Gasteiger partial charge in [-0.15, -0.1) is 0 Å². The molecule has 0 radical (unpaired) electrons. The first-order valence-corrected chi connectivity index (χ1v) is 7.56. The summed E-state index contributed by atoms with van der Waals surface area (Å²) >= 11 is 2.03. The SMILES string of the molecule is CN=C(NCc1nccn1C)N1CCSC(C)(C)C1. The Morgan fingerprint density at radius 2 is 2.37 bits per heavy atom. The third-order valence-electron chi connectivity index (χ3n) is 3.26. The van der Waals surface area contributed by atoms with Gasteiger partial charge in [-0.3, -0.25) is 4.99 Å². The van der Waals surface area contributed by atoms with Gasteiger partial charge in [0.1, 0.15) is 5.82 Å². The van der Waals surface area contributed by atoms with E-state index < -0.39 is 0 Å². The van der Waals surface area contributed by atoms with Gasteiger partial charge < -0.3 is 14.8 Å². The minimum atomic E-state index is 0.291. The van der Waals surface area contributed by atoms with E-state index in [9.17, 15) is 0 Å². The molecule has 0 spiro atoms. The van der Waals surface area contributed by atoms with Crippen LogP contribution in [0.15, 0.2) is 17.4 Å². The predicted molar refractivity (Wildman–Crippen MR) is 81.5 cm³/mol. The average Bonchev–Trinajstić information content (AvgIpc) is 2.75. The second-order valence-corrected chi connectivity index (χ2v) is 7.19. The van der Waals surface area contributed by atoms with E-state index >= 15 is 0 Å². The molecule has 1 saturated heterocycles. The number of rotatable bonds is 2. The van der Waals surface area contributed by atoms with Crippen LogP contribution in [0.3, 0.4) is 0 Å². The minimum absolute atomic E-state index is 0.291. The number of thioether (sulfide) groups is 1. The van der Waals surface area contributed by atoms with Crippen LogP contribution in [0.25, 0.3) is 0 Å². The molecule has 2 heterocycles. The van der Waals surface area contributed by atoms with E-state index in [1.54, 1.807) is 0 Å². The van der Waals surface area contributed by atoms with Crippen molar-refractivity contribution in [3.8, 4) is 0 Å². The molecule has 106 valence electrons. The highest BCUT2D eigenvalue weighted by molar-refractivity contribution is 8.00. The molecule has 1 aromatic heterocycles. The van der Waals surface area contributed by atoms with Crippen molar-refractivity contribution in [2.24, 2.45) is 12.0 Å². The molecule has 5 nitrogen and oxygen atoms in total. The number of hydrogen-bond donors (Lipinski definition) is 1. The van der Waals surface area contributed by atoms with Crippen molar-refractivity contribution in [3.05, 3.63) is 18.2 Å². The Hall–Kier alpha value is -1.17. The zero-order valence-electron chi connectivity index (χ0n) is 12.2. The third kappa shape index (κ3) is 3.65. The number of hydrogen-bond acceptors (Lipinski definition) is 3. The standard InChI is InChI=1S/C13H23N5S/c1-13(2)10-18(7-8-19-13)12(14-3)16-9-11-15-5-6-17(11)4/h5-6H,7-10H2,1-4H3,(H,14,16). The van der Waals surface area contributed by atoms with Crippen LogP contribution >= 0.6 is 11.8 Å². The van der Waals surface area contributed by atoms with Crippen LogP contribution in [0, 0.1) is 0 Å². The lowest BCUT2D eigenvalue weighted by Gasteiger charge is -2.39. The predicted octanol–water partition coefficient (Wildman–Crippen LogP) is 1.32. The van der Waals surface area contributed by atoms with Crippen LogP contribution in [0.2, 0.25) is 0 Å². The molecular weight excluding hydrogens is 258 g/mol. The van der Waals surface area contributed by atoms with Gasteiger partial charge in [0.25, 0.3) is 0 Å². The summed E-state index contributed by atoms with van der Waals surface area (Å²) in [5.74, 6) is 3.14. The summed E-state index contributed by atoms with van der Waals surface area (Å²) in [6, 6.07) is 0. The molecule has 19 heavy (non-hydrogen) atoms. The number of guanidine groups is 1. The highest BCUT2D eigenvalue weighted by Crippen LogP contribution is 2.29. The van der Waals surface area contributed by atoms with Gasteiger partial charge in [0.15, 0.2) is 5.96 Å². The van der Waals surface area contributed by atoms with Crippen molar-refractivity contribution in [3.63, 3.8) is 0 Å². The lowest BCUT2D eigenvalue weighted by atomic mass is 10.2. The monoisotopic (exact) mass is 281 g/mol. The van der Waals surface area contributed by atoms with Crippen LogP contribution in [0.5, 0.6) is 0 Å². The number of nitrogens with one attached hydrogen (secondary N) is 1. The summed E-state index contributed by atoms with van der Waals surface area (Å²) in [6.07, 6.45) is 3.78. The van der Waals surface area contributed by atoms with Crippen LogP contribution < -0.4 is 5.32 Å². The molecule has 6 heteroatoms. The molecule has 0 atom stereocenters. The molecule has 1 aromatic rings. The largest absolute Gasteiger partial charge is 0.349 e. The fourth-order valence-corrected chi connectivity index (χ4v) is 3.37. The van der Waals surface area contributed by atoms with Gasteiger partial charge in [0, 0.05) is 50.1 Å². The van der Waals surface area contributed by atoms with E-state index in [0.717, 1.165) is 30.6 Å². The molecule has 1 aliphatic heterocycles. The number of imidazole rings is 1. The molecule has 0 aliphatic carbocycles. The highest BCUT2D eigenvalue weighted by atomic mass is 32.2. The molecule has 0 amide bonds. The average molecular weight is 281 g/mol. The molecule has 2 rings (SSSR count). The molecule has 1 fully saturated rings. The Morgan fingerprint density at radius 1 is 1.58 bits per heavy atom. The van der Waals surface area contributed by atoms with E-state index in [1.165, 1.54) is 0 Å². The minimum Gasteiger partial charge on any atom is -0.349 e. The lowest BCUT2D eigenvalue weighted by Crippen LogP contribution is -2.50. The maximum atomic E-state index is 4.39. The summed E-state index contributed by atoms with van der Waals surface area (Å²) in [7, 11) is 3.85. The van der Waals surface area contributed by atoms with E-state index in [0.29, 0.717) is 11.3 Å². The molecule has 0 unspecified atom stereocenters. The second kappa shape index (κ2) is 5.86. The second-order valence-electron chi connectivity index (χ2n) is 5.38. The zero-order chi connectivity index (χ0) is 13.9. The van der Waals surface area contributed by atoms with Crippen molar-refractivity contribution >= 4 is 17.7 Å². The van der Waals surface area contributed by atoms with E-state index in [-0.39, 0.29) is 0 Å². The van der Waals surface area contributed by atoms with Crippen molar-refractivity contribution in [1.82, 2.24) is 19.8 Å². The Kier molecular flexibility index (Phi) is 4.39. The van der Waals surface area contributed by atoms with Crippen molar-refractivity contribution in [1.29, 1.82) is 0 Å². The number of nitrogens with zero attached hydrogens (tertiary/aromatic N) is 4. The zero-order valence-corrected chi connectivity index (χ0v) is 13.0. The van der Waals surface area contributed by atoms with Crippen LogP contribution in [-0.2, 0) is 13.6 Å². The Morgan fingerprint density at radius 3 is 2.95 bits per heavy atom.